The first kappa shape index (κ1) is 31.2. The molecule has 13 nitrogen and oxygen atoms in total. The van der Waals surface area contributed by atoms with Crippen LogP contribution in [0.4, 0.5) is 5.88 Å². The van der Waals surface area contributed by atoms with Gasteiger partial charge in [0, 0.05) is 23.2 Å². The Bertz CT molecular complexity index is 2240. The van der Waals surface area contributed by atoms with E-state index in [1.807, 2.05) is 4.72 Å². The molecule has 0 saturated carbocycles. The largest absolute Gasteiger partial charge is 0.349 e. The van der Waals surface area contributed by atoms with E-state index in [4.69, 9.17) is 9.05 Å². The lowest BCUT2D eigenvalue weighted by Gasteiger charge is -2.07. The fraction of sp³-hybridized carbons (Fsp3) is 0.0741. The van der Waals surface area contributed by atoms with Gasteiger partial charge in [0.2, 0.25) is 5.76 Å². The van der Waals surface area contributed by atoms with Gasteiger partial charge >= 0.3 is 5.91 Å². The average molecular weight is 764 g/mol. The molecule has 226 valence electrons. The van der Waals surface area contributed by atoms with Crippen LogP contribution in [-0.2, 0) is 20.0 Å². The number of halogens is 2. The number of para-hydroxylation sites is 2. The lowest BCUT2D eigenvalue weighted by Crippen LogP contribution is -2.30. The third kappa shape index (κ3) is 6.35. The van der Waals surface area contributed by atoms with E-state index in [0.29, 0.717) is 31.2 Å². The monoisotopic (exact) mass is 762 g/mol. The number of amides is 1. The van der Waals surface area contributed by atoms with Gasteiger partial charge in [-0.1, -0.05) is 46.7 Å². The Hall–Kier alpha value is -4.19. The molecule has 1 amide bonds. The molecule has 4 aromatic heterocycles. The maximum absolute atomic E-state index is 12.5. The van der Waals surface area contributed by atoms with Gasteiger partial charge in [-0.25, -0.2) is 26.3 Å². The van der Waals surface area contributed by atoms with E-state index in [1.54, 1.807) is 68.6 Å². The highest BCUT2D eigenvalue weighted by atomic mass is 79.9. The number of nitrogens with zero attached hydrogens (tertiary/aromatic N) is 4. The van der Waals surface area contributed by atoms with Crippen LogP contribution in [0.25, 0.3) is 21.8 Å². The molecule has 6 aromatic rings. The summed E-state index contributed by atoms with van der Waals surface area (Å²) in [6.07, 6.45) is 3.04. The number of aromatic nitrogens is 4. The van der Waals surface area contributed by atoms with Crippen LogP contribution < -0.4 is 9.44 Å². The second-order valence-electron chi connectivity index (χ2n) is 9.02. The van der Waals surface area contributed by atoms with E-state index in [9.17, 15) is 21.6 Å². The van der Waals surface area contributed by atoms with E-state index in [1.165, 1.54) is 18.3 Å². The molecule has 4 heterocycles. The summed E-state index contributed by atoms with van der Waals surface area (Å²) in [5.41, 5.74) is 1.69. The number of benzene rings is 2. The summed E-state index contributed by atoms with van der Waals surface area (Å²) in [5.74, 6) is -1.08. The van der Waals surface area contributed by atoms with E-state index in [2.05, 4.69) is 56.9 Å². The first-order valence-electron chi connectivity index (χ1n) is 12.4. The lowest BCUT2D eigenvalue weighted by molar-refractivity contribution is 0.0944. The minimum absolute atomic E-state index is 0.0421. The van der Waals surface area contributed by atoms with Crippen LogP contribution in [0.2, 0.25) is 0 Å². The molecular weight excluding hydrogens is 744 g/mol. The Morgan fingerprint density at radius 3 is 1.70 bits per heavy atom. The molecule has 0 unspecified atom stereocenters. The van der Waals surface area contributed by atoms with Crippen LogP contribution in [-0.4, -0.2) is 43.0 Å². The van der Waals surface area contributed by atoms with Gasteiger partial charge in [0.25, 0.3) is 25.9 Å². The summed E-state index contributed by atoms with van der Waals surface area (Å²) in [4.78, 5) is 20.3. The van der Waals surface area contributed by atoms with Gasteiger partial charge in [-0.3, -0.25) is 14.8 Å². The van der Waals surface area contributed by atoms with Crippen molar-refractivity contribution in [2.45, 2.75) is 23.6 Å². The number of carbonyl (C=O) groups excluding carboxylic acids is 1. The third-order valence-corrected chi connectivity index (χ3v) is 10.6. The van der Waals surface area contributed by atoms with E-state index < -0.39 is 26.0 Å². The summed E-state index contributed by atoms with van der Waals surface area (Å²) in [6, 6.07) is 16.6. The minimum atomic E-state index is -4.11. The highest BCUT2D eigenvalue weighted by molar-refractivity contribution is 9.11. The van der Waals surface area contributed by atoms with Crippen LogP contribution in [0.15, 0.2) is 101 Å². The van der Waals surface area contributed by atoms with Crippen molar-refractivity contribution in [1.29, 1.82) is 0 Å². The van der Waals surface area contributed by atoms with Crippen molar-refractivity contribution in [3.63, 3.8) is 0 Å². The number of hydrogen-bond donors (Lipinski definition) is 2. The number of rotatable bonds is 6. The molecule has 0 spiro atoms. The molecule has 0 aliphatic heterocycles. The third-order valence-electron chi connectivity index (χ3n) is 6.01. The molecule has 0 radical (unpaired) electrons. The smallest absolute Gasteiger partial charge is 0.304 e. The number of hydrogen-bond acceptors (Lipinski definition) is 11. The maximum atomic E-state index is 12.5. The van der Waals surface area contributed by atoms with Gasteiger partial charge < -0.3 is 9.05 Å². The molecule has 44 heavy (non-hydrogen) atoms. The van der Waals surface area contributed by atoms with Crippen molar-refractivity contribution in [2.24, 2.45) is 0 Å². The molecule has 2 N–H and O–H groups in total. The molecule has 2 aromatic carbocycles. The Kier molecular flexibility index (Phi) is 8.83. The summed E-state index contributed by atoms with van der Waals surface area (Å²) < 4.78 is 64.9. The number of aryl methyl sites for hydroxylation is 2. The number of anilines is 1. The maximum Gasteiger partial charge on any atom is 0.304 e. The fourth-order valence-corrected chi connectivity index (χ4v) is 6.91. The van der Waals surface area contributed by atoms with Gasteiger partial charge in [-0.15, -0.1) is 0 Å². The number of pyridine rings is 2. The summed E-state index contributed by atoms with van der Waals surface area (Å²) in [5, 5.41) is 8.69. The fourth-order valence-electron chi connectivity index (χ4n) is 3.91. The second kappa shape index (κ2) is 12.4. The van der Waals surface area contributed by atoms with E-state index in [-0.39, 0.29) is 27.0 Å². The Morgan fingerprint density at radius 1 is 0.705 bits per heavy atom. The van der Waals surface area contributed by atoms with Crippen molar-refractivity contribution in [2.75, 3.05) is 4.72 Å². The molecule has 6 rings (SSSR count). The number of carbonyl (C=O) groups is 1. The average Bonchev–Trinajstić information content (AvgIpc) is 3.51. The normalized spacial score (nSPS) is 11.6. The molecule has 0 bridgehead atoms. The van der Waals surface area contributed by atoms with Gasteiger partial charge in [0.15, 0.2) is 0 Å². The highest BCUT2D eigenvalue weighted by Gasteiger charge is 2.26. The first-order chi connectivity index (χ1) is 20.9. The van der Waals surface area contributed by atoms with Crippen LogP contribution in [0, 0.1) is 13.8 Å². The second-order valence-corrected chi connectivity index (χ2v) is 13.9. The Labute approximate surface area is 267 Å². The van der Waals surface area contributed by atoms with Gasteiger partial charge in [0.1, 0.15) is 14.3 Å². The summed E-state index contributed by atoms with van der Waals surface area (Å²) in [6.45, 7) is 3.32. The van der Waals surface area contributed by atoms with Crippen molar-refractivity contribution < 1.29 is 30.7 Å². The molecule has 0 saturated heterocycles. The quantitative estimate of drug-likeness (QED) is 0.218. The van der Waals surface area contributed by atoms with E-state index in [0.717, 1.165) is 5.39 Å². The highest BCUT2D eigenvalue weighted by Crippen LogP contribution is 2.29. The predicted molar refractivity (Wildman–Crippen MR) is 167 cm³/mol. The molecule has 0 aliphatic carbocycles. The zero-order valence-corrected chi connectivity index (χ0v) is 27.5. The lowest BCUT2D eigenvalue weighted by atomic mass is 10.2. The van der Waals surface area contributed by atoms with Crippen LogP contribution in [0.1, 0.15) is 21.9 Å². The van der Waals surface area contributed by atoms with Crippen molar-refractivity contribution in [3.05, 3.63) is 99.2 Å². The number of sulfonamides is 2. The molecule has 17 heteroatoms. The van der Waals surface area contributed by atoms with Gasteiger partial charge in [0.05, 0.1) is 26.9 Å². The number of nitrogens with one attached hydrogen (secondary N) is 2. The zero-order chi connectivity index (χ0) is 31.6. The SMILES string of the molecule is Cc1noc(C(=O)NS(=O)(=O)c2cccc3cccnc23)c1Br.Cc1noc(NS(=O)(=O)c2cccc3cccnc23)c1Br. The van der Waals surface area contributed by atoms with Crippen LogP contribution >= 0.6 is 31.9 Å². The topological polar surface area (TPSA) is 187 Å². The Morgan fingerprint density at radius 2 is 1.20 bits per heavy atom. The van der Waals surface area contributed by atoms with E-state index >= 15 is 0 Å². The summed E-state index contributed by atoms with van der Waals surface area (Å²) >= 11 is 6.36. The van der Waals surface area contributed by atoms with Crippen molar-refractivity contribution in [3.8, 4) is 0 Å². The van der Waals surface area contributed by atoms with Gasteiger partial charge in [-0.05, 0) is 70.0 Å². The Balaban J connectivity index is 0.000000175. The predicted octanol–water partition coefficient (Wildman–Crippen LogP) is 5.51. The van der Waals surface area contributed by atoms with Crippen molar-refractivity contribution >= 4 is 85.5 Å². The first-order valence-corrected chi connectivity index (χ1v) is 17.0. The zero-order valence-electron chi connectivity index (χ0n) is 22.6. The minimum Gasteiger partial charge on any atom is -0.349 e. The van der Waals surface area contributed by atoms with Crippen LogP contribution in [0.3, 0.4) is 0 Å². The molecule has 0 atom stereocenters. The number of fused-ring (bicyclic) bond motifs is 2. The molecule has 0 aliphatic rings. The molecule has 0 fully saturated rings. The standard InChI is InChI=1S/C14H10BrN3O4S.C13H10BrN3O3S/c1-8-11(15)13(22-17-8)14(19)18-23(20,21)10-6-2-4-9-5-3-7-16-12(9)10;1-8-11(14)13(20-16-8)17-21(18,19)10-6-2-4-9-5-3-7-15-12(9)10/h2-7H,1H3,(H,18,19);2-7,17H,1H3. The van der Waals surface area contributed by atoms with Crippen molar-refractivity contribution in [1.82, 2.24) is 25.0 Å². The van der Waals surface area contributed by atoms with Crippen LogP contribution in [0.5, 0.6) is 0 Å². The van der Waals surface area contributed by atoms with Gasteiger partial charge in [-0.2, -0.15) is 0 Å². The summed E-state index contributed by atoms with van der Waals surface area (Å²) in [7, 11) is -7.94. The molecular formula is C27H20Br2N6O7S2.